The molecule has 4 rings (SSSR count). The Labute approximate surface area is 223 Å². The lowest BCUT2D eigenvalue weighted by Gasteiger charge is -2.21. The van der Waals surface area contributed by atoms with E-state index in [1.54, 1.807) is 25.1 Å². The summed E-state index contributed by atoms with van der Waals surface area (Å²) in [5.41, 5.74) is 2.20. The number of hydrogen-bond donors (Lipinski definition) is 4. The Morgan fingerprint density at radius 2 is 2.03 bits per heavy atom. The molecule has 0 fully saturated rings. The first-order chi connectivity index (χ1) is 18.2. The maximum atomic E-state index is 14.3. The third-order valence-corrected chi connectivity index (χ3v) is 6.36. The standard InChI is InChI=1S/C26H27ClFN5O5/c1-14(12-34)30-26-29-9-20(27)24(32-26)15-3-4-16-10-33(25(37)18(16)7-15)11-23(36)31-22(13-35)19-8-17(38-2)5-6-21(19)28/h3-9,14,22,34-35H,10-13H2,1-2H3,(H,31,36)(H,29,30,32). The van der Waals surface area contributed by atoms with Gasteiger partial charge in [-0.25, -0.2) is 14.4 Å². The molecule has 1 aliphatic heterocycles. The smallest absolute Gasteiger partial charge is 0.254 e. The van der Waals surface area contributed by atoms with E-state index in [1.807, 2.05) is 0 Å². The number of nitrogens with zero attached hydrogens (tertiary/aromatic N) is 3. The minimum Gasteiger partial charge on any atom is -0.497 e. The van der Waals surface area contributed by atoms with Gasteiger partial charge in [-0.1, -0.05) is 23.7 Å². The van der Waals surface area contributed by atoms with Crippen LogP contribution in [0, 0.1) is 5.82 Å². The zero-order valence-corrected chi connectivity index (χ0v) is 21.5. The van der Waals surface area contributed by atoms with Gasteiger partial charge in [-0.2, -0.15) is 0 Å². The van der Waals surface area contributed by atoms with Gasteiger partial charge in [0.05, 0.1) is 43.3 Å². The molecule has 2 amide bonds. The van der Waals surface area contributed by atoms with Crippen molar-refractivity contribution in [3.63, 3.8) is 0 Å². The van der Waals surface area contributed by atoms with E-state index in [9.17, 15) is 24.2 Å². The molecule has 12 heteroatoms. The van der Waals surface area contributed by atoms with E-state index in [0.29, 0.717) is 22.6 Å². The average molecular weight is 544 g/mol. The topological polar surface area (TPSA) is 137 Å². The second-order valence-electron chi connectivity index (χ2n) is 8.84. The first kappa shape index (κ1) is 27.2. The molecule has 0 saturated heterocycles. The molecule has 1 aliphatic rings. The molecule has 0 saturated carbocycles. The summed E-state index contributed by atoms with van der Waals surface area (Å²) in [5, 5.41) is 24.9. The van der Waals surface area contributed by atoms with Gasteiger partial charge in [0.15, 0.2) is 0 Å². The van der Waals surface area contributed by atoms with E-state index in [1.165, 1.54) is 36.4 Å². The van der Waals surface area contributed by atoms with Crippen LogP contribution in [0.3, 0.4) is 0 Å². The molecular formula is C26H27ClFN5O5. The molecule has 2 unspecified atom stereocenters. The number of methoxy groups -OCH3 is 1. The summed E-state index contributed by atoms with van der Waals surface area (Å²) in [7, 11) is 1.43. The van der Waals surface area contributed by atoms with Crippen LogP contribution in [0.25, 0.3) is 11.3 Å². The molecule has 0 bridgehead atoms. The molecule has 200 valence electrons. The van der Waals surface area contributed by atoms with E-state index in [-0.39, 0.29) is 48.2 Å². The maximum absolute atomic E-state index is 14.3. The summed E-state index contributed by atoms with van der Waals surface area (Å²) in [5.74, 6) is -0.857. The Hall–Kier alpha value is -3.80. The largest absolute Gasteiger partial charge is 0.497 e. The minimum atomic E-state index is -1.01. The van der Waals surface area contributed by atoms with Gasteiger partial charge in [-0.05, 0) is 36.8 Å². The molecule has 2 heterocycles. The summed E-state index contributed by atoms with van der Waals surface area (Å²) in [6.07, 6.45) is 1.44. The second-order valence-corrected chi connectivity index (χ2v) is 9.25. The third-order valence-electron chi connectivity index (χ3n) is 6.09. The monoisotopic (exact) mass is 543 g/mol. The van der Waals surface area contributed by atoms with Gasteiger partial charge in [0.25, 0.3) is 5.91 Å². The summed E-state index contributed by atoms with van der Waals surface area (Å²) >= 11 is 6.32. The van der Waals surface area contributed by atoms with E-state index >= 15 is 0 Å². The number of aliphatic hydroxyl groups excluding tert-OH is 2. The summed E-state index contributed by atoms with van der Waals surface area (Å²) in [6, 6.07) is 7.95. The van der Waals surface area contributed by atoms with Crippen molar-refractivity contribution in [3.05, 3.63) is 70.1 Å². The van der Waals surface area contributed by atoms with Gasteiger partial charge >= 0.3 is 0 Å². The van der Waals surface area contributed by atoms with Crippen molar-refractivity contribution in [1.29, 1.82) is 0 Å². The Morgan fingerprint density at radius 3 is 2.74 bits per heavy atom. The van der Waals surface area contributed by atoms with Crippen LogP contribution in [0.1, 0.15) is 34.5 Å². The number of benzene rings is 2. The van der Waals surface area contributed by atoms with Crippen molar-refractivity contribution in [3.8, 4) is 17.0 Å². The van der Waals surface area contributed by atoms with Crippen molar-refractivity contribution >= 4 is 29.4 Å². The Kier molecular flexibility index (Phi) is 8.40. The van der Waals surface area contributed by atoms with Crippen LogP contribution < -0.4 is 15.4 Å². The van der Waals surface area contributed by atoms with Crippen LogP contribution in [-0.4, -0.2) is 69.8 Å². The summed E-state index contributed by atoms with van der Waals surface area (Å²) in [6.45, 7) is 1.04. The van der Waals surface area contributed by atoms with E-state index in [4.69, 9.17) is 16.3 Å². The van der Waals surface area contributed by atoms with E-state index in [2.05, 4.69) is 20.6 Å². The van der Waals surface area contributed by atoms with Crippen molar-refractivity contribution < 1.29 is 28.9 Å². The highest BCUT2D eigenvalue weighted by atomic mass is 35.5. The number of amides is 2. The highest BCUT2D eigenvalue weighted by Gasteiger charge is 2.30. The second kappa shape index (κ2) is 11.7. The molecule has 38 heavy (non-hydrogen) atoms. The first-order valence-corrected chi connectivity index (χ1v) is 12.2. The third kappa shape index (κ3) is 5.85. The average Bonchev–Trinajstić information content (AvgIpc) is 3.22. The summed E-state index contributed by atoms with van der Waals surface area (Å²) < 4.78 is 19.4. The van der Waals surface area contributed by atoms with Crippen LogP contribution >= 0.6 is 11.6 Å². The van der Waals surface area contributed by atoms with Crippen molar-refractivity contribution in [2.24, 2.45) is 0 Å². The van der Waals surface area contributed by atoms with E-state index in [0.717, 1.165) is 5.56 Å². The zero-order chi connectivity index (χ0) is 27.4. The number of anilines is 1. The number of ether oxygens (including phenoxy) is 1. The predicted molar refractivity (Wildman–Crippen MR) is 138 cm³/mol. The number of nitrogens with one attached hydrogen (secondary N) is 2. The van der Waals surface area contributed by atoms with Crippen LogP contribution in [0.4, 0.5) is 10.3 Å². The van der Waals surface area contributed by atoms with Gasteiger partial charge in [-0.15, -0.1) is 0 Å². The molecule has 4 N–H and O–H groups in total. The van der Waals surface area contributed by atoms with Gasteiger partial charge in [0.2, 0.25) is 11.9 Å². The van der Waals surface area contributed by atoms with Gasteiger partial charge in [0.1, 0.15) is 18.1 Å². The van der Waals surface area contributed by atoms with Gasteiger partial charge < -0.3 is 30.5 Å². The lowest BCUT2D eigenvalue weighted by Crippen LogP contribution is -2.40. The first-order valence-electron chi connectivity index (χ1n) is 11.8. The Balaban J connectivity index is 1.48. The quantitative estimate of drug-likeness (QED) is 0.306. The molecule has 1 aromatic heterocycles. The van der Waals surface area contributed by atoms with Gasteiger partial charge in [0, 0.05) is 29.3 Å². The lowest BCUT2D eigenvalue weighted by molar-refractivity contribution is -0.122. The fourth-order valence-corrected chi connectivity index (χ4v) is 4.29. The number of aromatic nitrogens is 2. The number of aliphatic hydroxyl groups is 2. The molecule has 10 nitrogen and oxygen atoms in total. The van der Waals surface area contributed by atoms with Crippen LogP contribution in [0.5, 0.6) is 5.75 Å². The molecule has 2 aromatic carbocycles. The van der Waals surface area contributed by atoms with Crippen LogP contribution in [0.15, 0.2) is 42.6 Å². The number of rotatable bonds is 10. The molecule has 0 spiro atoms. The highest BCUT2D eigenvalue weighted by Crippen LogP contribution is 2.31. The predicted octanol–water partition coefficient (Wildman–Crippen LogP) is 2.54. The van der Waals surface area contributed by atoms with Gasteiger partial charge in [-0.3, -0.25) is 9.59 Å². The van der Waals surface area contributed by atoms with Crippen molar-refractivity contribution in [2.45, 2.75) is 25.6 Å². The zero-order valence-electron chi connectivity index (χ0n) is 20.7. The molecule has 3 aromatic rings. The highest BCUT2D eigenvalue weighted by molar-refractivity contribution is 6.33. The lowest BCUT2D eigenvalue weighted by atomic mass is 10.0. The fourth-order valence-electron chi connectivity index (χ4n) is 4.09. The molecule has 0 radical (unpaired) electrons. The van der Waals surface area contributed by atoms with Crippen LogP contribution in [-0.2, 0) is 11.3 Å². The number of fused-ring (bicyclic) bond motifs is 1. The molecular weight excluding hydrogens is 517 g/mol. The van der Waals surface area contributed by atoms with Crippen LogP contribution in [0.2, 0.25) is 5.02 Å². The Morgan fingerprint density at radius 1 is 1.24 bits per heavy atom. The number of halogens is 2. The molecule has 0 aliphatic carbocycles. The minimum absolute atomic E-state index is 0.0739. The Bertz CT molecular complexity index is 1360. The summed E-state index contributed by atoms with van der Waals surface area (Å²) in [4.78, 5) is 35.8. The normalized spacial score (nSPS) is 14.2. The number of hydrogen-bond acceptors (Lipinski definition) is 8. The fraction of sp³-hybridized carbons (Fsp3) is 0.308. The number of carbonyl (C=O) groups is 2. The van der Waals surface area contributed by atoms with Crippen molar-refractivity contribution in [1.82, 2.24) is 20.2 Å². The maximum Gasteiger partial charge on any atom is 0.254 e. The molecule has 2 atom stereocenters. The van der Waals surface area contributed by atoms with Crippen molar-refractivity contribution in [2.75, 3.05) is 32.2 Å². The number of carbonyl (C=O) groups excluding carboxylic acids is 2. The SMILES string of the molecule is COc1ccc(F)c(C(CO)NC(=O)CN2Cc3ccc(-c4nc(NC(C)CO)ncc4Cl)cc3C2=O)c1. The van der Waals surface area contributed by atoms with E-state index < -0.39 is 24.4 Å².